The largest absolute Gasteiger partial charge is 0.508 e. The fourth-order valence-electron chi connectivity index (χ4n) is 8.13. The van der Waals surface area contributed by atoms with Crippen LogP contribution >= 0.6 is 11.6 Å². The van der Waals surface area contributed by atoms with E-state index in [1.165, 1.54) is 18.2 Å². The van der Waals surface area contributed by atoms with Crippen molar-refractivity contribution in [1.29, 1.82) is 0 Å². The van der Waals surface area contributed by atoms with Gasteiger partial charge >= 0.3 is 6.01 Å². The number of aryl methyl sites for hydroxylation is 1. The Kier molecular flexibility index (Phi) is 6.63. The lowest BCUT2D eigenvalue weighted by Crippen LogP contribution is -2.51. The molecule has 0 radical (unpaired) electrons. The van der Waals surface area contributed by atoms with Crippen LogP contribution < -0.4 is 15.0 Å². The van der Waals surface area contributed by atoms with Crippen molar-refractivity contribution in [3.05, 3.63) is 52.6 Å². The van der Waals surface area contributed by atoms with Crippen LogP contribution in [0, 0.1) is 18.6 Å². The minimum atomic E-state index is -0.907. The Morgan fingerprint density at radius 2 is 1.91 bits per heavy atom. The summed E-state index contributed by atoms with van der Waals surface area (Å²) in [6.45, 7) is 4.44. The molecule has 4 fully saturated rings. The van der Waals surface area contributed by atoms with Gasteiger partial charge in [-0.15, -0.1) is 0 Å². The zero-order valence-electron chi connectivity index (χ0n) is 24.3. The molecule has 7 nitrogen and oxygen atoms in total. The average Bonchev–Trinajstić information content (AvgIpc) is 3.64. The molecule has 1 aromatic heterocycles. The summed E-state index contributed by atoms with van der Waals surface area (Å²) in [7, 11) is 0. The van der Waals surface area contributed by atoms with Crippen molar-refractivity contribution in [2.45, 2.75) is 62.8 Å². The minimum absolute atomic E-state index is 0.0152. The third-order valence-electron chi connectivity index (χ3n) is 10.2. The van der Waals surface area contributed by atoms with Gasteiger partial charge in [-0.2, -0.15) is 9.97 Å². The number of rotatable bonds is 5. The van der Waals surface area contributed by atoms with Crippen LogP contribution in [-0.4, -0.2) is 76.6 Å². The number of hydrogen-bond donors (Lipinski definition) is 2. The van der Waals surface area contributed by atoms with Crippen LogP contribution in [0.2, 0.25) is 5.02 Å². The number of aromatic hydroxyl groups is 1. The highest BCUT2D eigenvalue weighted by Crippen LogP contribution is 2.45. The van der Waals surface area contributed by atoms with Crippen LogP contribution in [0.15, 0.2) is 30.3 Å². The molecule has 0 saturated carbocycles. The summed E-state index contributed by atoms with van der Waals surface area (Å²) in [5.41, 5.74) is 0.208. The molecule has 0 amide bonds. The lowest BCUT2D eigenvalue weighted by Gasteiger charge is -2.34. The maximum Gasteiger partial charge on any atom is 0.319 e. The van der Waals surface area contributed by atoms with Gasteiger partial charge in [-0.1, -0.05) is 17.7 Å². The number of halogens is 4. The summed E-state index contributed by atoms with van der Waals surface area (Å²) >= 11 is 6.86. The Morgan fingerprint density at radius 3 is 2.70 bits per heavy atom. The number of piperazine rings is 1. The maximum absolute atomic E-state index is 16.9. The lowest BCUT2D eigenvalue weighted by molar-refractivity contribution is 0.107. The van der Waals surface area contributed by atoms with E-state index in [0.717, 1.165) is 32.2 Å². The normalized spacial score (nSPS) is 26.7. The van der Waals surface area contributed by atoms with Crippen molar-refractivity contribution in [3.8, 4) is 22.9 Å². The van der Waals surface area contributed by atoms with Gasteiger partial charge in [0.25, 0.3) is 0 Å². The highest BCUT2D eigenvalue weighted by atomic mass is 35.5. The number of anilines is 1. The monoisotopic (exact) mass is 623 g/mol. The van der Waals surface area contributed by atoms with E-state index in [2.05, 4.69) is 20.1 Å². The first kappa shape index (κ1) is 28.2. The molecule has 4 saturated heterocycles. The first-order chi connectivity index (χ1) is 21.2. The fraction of sp³-hybridized carbons (Fsp3) is 0.455. The van der Waals surface area contributed by atoms with E-state index < -0.39 is 23.3 Å². The second-order valence-corrected chi connectivity index (χ2v) is 13.4. The van der Waals surface area contributed by atoms with E-state index >= 15 is 4.39 Å². The fourth-order valence-corrected chi connectivity index (χ4v) is 8.43. The van der Waals surface area contributed by atoms with E-state index in [4.69, 9.17) is 21.3 Å². The van der Waals surface area contributed by atoms with Crippen molar-refractivity contribution in [2.75, 3.05) is 37.7 Å². The third kappa shape index (κ3) is 4.48. The SMILES string of the molecule is Cc1c(F)ccc2cc(O)cc(-c3c(Cl)cc4c(N5CC6CCC(C5)N6)nc(OC[C@@]56CCCN5C[C@H](F)C6)nc4c3F)c12. The number of alkyl halides is 1. The molecule has 2 bridgehead atoms. The Hall–Kier alpha value is -3.34. The van der Waals surface area contributed by atoms with Gasteiger partial charge in [-0.3, -0.25) is 4.90 Å². The van der Waals surface area contributed by atoms with Gasteiger partial charge in [0.05, 0.1) is 10.6 Å². The quantitative estimate of drug-likeness (QED) is 0.271. The maximum atomic E-state index is 16.9. The first-order valence-corrected chi connectivity index (χ1v) is 15.7. The van der Waals surface area contributed by atoms with Crippen molar-refractivity contribution >= 4 is 39.1 Å². The third-order valence-corrected chi connectivity index (χ3v) is 10.5. The summed E-state index contributed by atoms with van der Waals surface area (Å²) in [6.07, 6.45) is 3.38. The van der Waals surface area contributed by atoms with E-state index in [0.29, 0.717) is 65.7 Å². The predicted octanol–water partition coefficient (Wildman–Crippen LogP) is 6.29. The number of benzene rings is 3. The molecule has 2 unspecified atom stereocenters. The van der Waals surface area contributed by atoms with Gasteiger partial charge in [0.15, 0.2) is 5.82 Å². The molecule has 4 aliphatic heterocycles. The smallest absolute Gasteiger partial charge is 0.319 e. The Bertz CT molecular complexity index is 1810. The number of ether oxygens (including phenoxy) is 1. The molecule has 8 rings (SSSR count). The molecule has 2 N–H and O–H groups in total. The van der Waals surface area contributed by atoms with Crippen LogP contribution in [0.25, 0.3) is 32.8 Å². The highest BCUT2D eigenvalue weighted by Gasteiger charge is 2.49. The van der Waals surface area contributed by atoms with Crippen molar-refractivity contribution < 1.29 is 23.0 Å². The summed E-state index contributed by atoms with van der Waals surface area (Å²) < 4.78 is 52.4. The van der Waals surface area contributed by atoms with Gasteiger partial charge in [-0.05, 0) is 85.3 Å². The van der Waals surface area contributed by atoms with Crippen LogP contribution in [0.4, 0.5) is 19.0 Å². The molecule has 4 aliphatic rings. The molecule has 44 heavy (non-hydrogen) atoms. The number of nitrogens with zero attached hydrogens (tertiary/aromatic N) is 4. The molecular weight excluding hydrogens is 591 g/mol. The van der Waals surface area contributed by atoms with Gasteiger partial charge in [0, 0.05) is 49.1 Å². The topological polar surface area (TPSA) is 73.8 Å². The molecule has 11 heteroatoms. The van der Waals surface area contributed by atoms with Crippen molar-refractivity contribution in [3.63, 3.8) is 0 Å². The molecule has 0 spiro atoms. The van der Waals surface area contributed by atoms with Crippen molar-refractivity contribution in [1.82, 2.24) is 20.2 Å². The molecule has 5 heterocycles. The molecule has 4 atom stereocenters. The number of phenols is 1. The minimum Gasteiger partial charge on any atom is -0.508 e. The molecule has 0 aliphatic carbocycles. The van der Waals surface area contributed by atoms with Gasteiger partial charge in [-0.25, -0.2) is 13.2 Å². The number of fused-ring (bicyclic) bond motifs is 5. The van der Waals surface area contributed by atoms with E-state index in [9.17, 15) is 13.9 Å². The van der Waals surface area contributed by atoms with Gasteiger partial charge < -0.3 is 20.1 Å². The Labute approximate surface area is 258 Å². The Morgan fingerprint density at radius 1 is 1.11 bits per heavy atom. The Balaban J connectivity index is 1.29. The van der Waals surface area contributed by atoms with Gasteiger partial charge in [0.2, 0.25) is 0 Å². The standard InChI is InChI=1S/C33H33ClF3N5O2/c1-17-26(36)6-3-18-9-22(43)10-23(27(17)18)28-25(34)11-24-30(29(28)37)39-32(40-31(24)41-14-20-4-5-21(15-41)38-20)44-16-33-7-2-8-42(33)13-19(35)12-33/h3,6,9-11,19-21,38,43H,2,4-5,7-8,12-16H2,1H3/t19-,20?,21?,33+/m1/s1. The van der Waals surface area contributed by atoms with Crippen molar-refractivity contribution in [2.24, 2.45) is 0 Å². The molecule has 3 aromatic carbocycles. The van der Waals surface area contributed by atoms with Crippen LogP contribution in [0.1, 0.15) is 37.7 Å². The average molecular weight is 624 g/mol. The second-order valence-electron chi connectivity index (χ2n) is 12.9. The number of hydrogen-bond acceptors (Lipinski definition) is 7. The zero-order chi connectivity index (χ0) is 30.3. The van der Waals surface area contributed by atoms with E-state index in [1.54, 1.807) is 19.1 Å². The van der Waals surface area contributed by atoms with Crippen LogP contribution in [-0.2, 0) is 0 Å². The zero-order valence-corrected chi connectivity index (χ0v) is 25.1. The lowest BCUT2D eigenvalue weighted by atomic mass is 9.93. The second kappa shape index (κ2) is 10.4. The molecular formula is C33H33ClF3N5O2. The number of phenolic OH excluding ortho intramolecular Hbond substituents is 1. The predicted molar refractivity (Wildman–Crippen MR) is 165 cm³/mol. The summed E-state index contributed by atoms with van der Waals surface area (Å²) in [4.78, 5) is 13.7. The van der Waals surface area contributed by atoms with Gasteiger partial charge in [0.1, 0.15) is 35.7 Å². The summed E-state index contributed by atoms with van der Waals surface area (Å²) in [5, 5.41) is 15.7. The first-order valence-electron chi connectivity index (χ1n) is 15.3. The summed E-state index contributed by atoms with van der Waals surface area (Å²) in [6, 6.07) is 8.07. The molecule has 4 aromatic rings. The number of aromatic nitrogens is 2. The summed E-state index contributed by atoms with van der Waals surface area (Å²) in [5.74, 6) is -0.714. The number of nitrogens with one attached hydrogen (secondary N) is 1. The van der Waals surface area contributed by atoms with Crippen LogP contribution in [0.3, 0.4) is 0 Å². The van der Waals surface area contributed by atoms with Crippen LogP contribution in [0.5, 0.6) is 11.8 Å². The highest BCUT2D eigenvalue weighted by molar-refractivity contribution is 6.35. The van der Waals surface area contributed by atoms with E-state index in [1.807, 2.05) is 0 Å². The molecule has 230 valence electrons. The van der Waals surface area contributed by atoms with E-state index in [-0.39, 0.29) is 40.0 Å².